The largest absolute Gasteiger partial charge is 0.341 e. The van der Waals surface area contributed by atoms with Crippen molar-refractivity contribution in [3.63, 3.8) is 0 Å². The van der Waals surface area contributed by atoms with E-state index in [4.69, 9.17) is 4.55 Å². The molecule has 1 amide bonds. The molecule has 0 rings (SSSR count). The third-order valence-electron chi connectivity index (χ3n) is 2.80. The van der Waals surface area contributed by atoms with E-state index in [1.807, 2.05) is 6.08 Å². The SMILES string of the molecule is CCCCCCC/C=C/C(=O)N(C)CCS(=O)(=O)O. The molecule has 5 nitrogen and oxygen atoms in total. The van der Waals surface area contributed by atoms with E-state index < -0.39 is 15.9 Å². The highest BCUT2D eigenvalue weighted by Crippen LogP contribution is 2.05. The number of unbranched alkanes of at least 4 members (excludes halogenated alkanes) is 5. The third-order valence-corrected chi connectivity index (χ3v) is 3.49. The number of likely N-dealkylation sites (N-methyl/N-ethyl adjacent to an activating group) is 1. The summed E-state index contributed by atoms with van der Waals surface area (Å²) in [7, 11) is -2.50. The summed E-state index contributed by atoms with van der Waals surface area (Å²) < 4.78 is 29.7. The van der Waals surface area contributed by atoms with E-state index in [0.717, 1.165) is 12.8 Å². The standard InChI is InChI=1S/C13H25NO4S/c1-3-4-5-6-7-8-9-10-13(15)14(2)11-12-19(16,17)18/h9-10H,3-8,11-12H2,1-2H3,(H,16,17,18)/b10-9+. The van der Waals surface area contributed by atoms with Gasteiger partial charge < -0.3 is 4.90 Å². The summed E-state index contributed by atoms with van der Waals surface area (Å²) in [5.74, 6) is -0.669. The molecule has 0 aromatic heterocycles. The van der Waals surface area contributed by atoms with Crippen molar-refractivity contribution < 1.29 is 17.8 Å². The number of amides is 1. The van der Waals surface area contributed by atoms with Crippen LogP contribution in [-0.4, -0.2) is 43.1 Å². The Kier molecular flexibility index (Phi) is 9.51. The van der Waals surface area contributed by atoms with Crippen molar-refractivity contribution in [3.05, 3.63) is 12.2 Å². The van der Waals surface area contributed by atoms with Crippen LogP contribution in [-0.2, 0) is 14.9 Å². The molecule has 112 valence electrons. The Bertz CT molecular complexity index is 376. The van der Waals surface area contributed by atoms with Gasteiger partial charge in [-0.15, -0.1) is 0 Å². The summed E-state index contributed by atoms with van der Waals surface area (Å²) in [4.78, 5) is 12.8. The van der Waals surface area contributed by atoms with Gasteiger partial charge in [0.25, 0.3) is 10.1 Å². The second kappa shape index (κ2) is 9.97. The van der Waals surface area contributed by atoms with Crippen molar-refractivity contribution in [2.75, 3.05) is 19.3 Å². The van der Waals surface area contributed by atoms with Crippen LogP contribution in [0.4, 0.5) is 0 Å². The zero-order valence-corrected chi connectivity index (χ0v) is 12.7. The molecule has 0 aliphatic rings. The molecular weight excluding hydrogens is 266 g/mol. The molecule has 0 unspecified atom stereocenters. The zero-order chi connectivity index (χ0) is 14.7. The lowest BCUT2D eigenvalue weighted by molar-refractivity contribution is -0.124. The van der Waals surface area contributed by atoms with Crippen molar-refractivity contribution in [3.8, 4) is 0 Å². The minimum absolute atomic E-state index is 0.00148. The lowest BCUT2D eigenvalue weighted by Gasteiger charge is -2.13. The van der Waals surface area contributed by atoms with Crippen molar-refractivity contribution >= 4 is 16.0 Å². The molecule has 0 saturated heterocycles. The summed E-state index contributed by atoms with van der Waals surface area (Å²) in [6.07, 6.45) is 10.1. The molecule has 0 aromatic carbocycles. The molecule has 0 radical (unpaired) electrons. The number of hydrogen-bond acceptors (Lipinski definition) is 3. The molecule has 0 heterocycles. The summed E-state index contributed by atoms with van der Waals surface area (Å²) in [6.45, 7) is 2.17. The monoisotopic (exact) mass is 291 g/mol. The van der Waals surface area contributed by atoms with Crippen LogP contribution in [0.3, 0.4) is 0 Å². The molecule has 0 spiro atoms. The van der Waals surface area contributed by atoms with E-state index in [9.17, 15) is 13.2 Å². The van der Waals surface area contributed by atoms with Gasteiger partial charge in [-0.1, -0.05) is 38.7 Å². The van der Waals surface area contributed by atoms with Crippen LogP contribution < -0.4 is 0 Å². The highest BCUT2D eigenvalue weighted by Gasteiger charge is 2.09. The van der Waals surface area contributed by atoms with Gasteiger partial charge in [-0.3, -0.25) is 9.35 Å². The number of carbonyl (C=O) groups excluding carboxylic acids is 1. The Morgan fingerprint density at radius 3 is 2.42 bits per heavy atom. The summed E-state index contributed by atoms with van der Waals surface area (Å²) in [6, 6.07) is 0. The topological polar surface area (TPSA) is 74.7 Å². The van der Waals surface area contributed by atoms with Crippen LogP contribution >= 0.6 is 0 Å². The van der Waals surface area contributed by atoms with E-state index in [-0.39, 0.29) is 12.5 Å². The average Bonchev–Trinajstić information content (AvgIpc) is 2.33. The second-order valence-electron chi connectivity index (χ2n) is 4.65. The van der Waals surface area contributed by atoms with E-state index in [0.29, 0.717) is 0 Å². The molecular formula is C13H25NO4S. The number of hydrogen-bond donors (Lipinski definition) is 1. The first-order valence-electron chi connectivity index (χ1n) is 6.73. The van der Waals surface area contributed by atoms with Gasteiger partial charge >= 0.3 is 0 Å². The Morgan fingerprint density at radius 2 is 1.84 bits per heavy atom. The normalized spacial score (nSPS) is 11.9. The lowest BCUT2D eigenvalue weighted by atomic mass is 10.1. The van der Waals surface area contributed by atoms with E-state index in [1.54, 1.807) is 0 Å². The molecule has 0 fully saturated rings. The van der Waals surface area contributed by atoms with Crippen molar-refractivity contribution in [2.45, 2.75) is 45.4 Å². The van der Waals surface area contributed by atoms with E-state index >= 15 is 0 Å². The van der Waals surface area contributed by atoms with E-state index in [2.05, 4.69) is 6.92 Å². The highest BCUT2D eigenvalue weighted by molar-refractivity contribution is 7.85. The molecule has 0 saturated carbocycles. The third kappa shape index (κ3) is 11.9. The number of nitrogens with zero attached hydrogens (tertiary/aromatic N) is 1. The molecule has 0 bridgehead atoms. The molecule has 0 aliphatic heterocycles. The van der Waals surface area contributed by atoms with Gasteiger partial charge in [0.2, 0.25) is 5.91 Å². The van der Waals surface area contributed by atoms with Gasteiger partial charge in [0.05, 0.1) is 5.75 Å². The smallest absolute Gasteiger partial charge is 0.266 e. The molecule has 19 heavy (non-hydrogen) atoms. The second-order valence-corrected chi connectivity index (χ2v) is 6.22. The van der Waals surface area contributed by atoms with Gasteiger partial charge in [0, 0.05) is 13.6 Å². The Labute approximate surface area is 116 Å². The van der Waals surface area contributed by atoms with Gasteiger partial charge in [0.1, 0.15) is 0 Å². The number of rotatable bonds is 10. The number of allylic oxidation sites excluding steroid dienone is 1. The average molecular weight is 291 g/mol. The quantitative estimate of drug-likeness (QED) is 0.380. The van der Waals surface area contributed by atoms with Crippen molar-refractivity contribution in [2.24, 2.45) is 0 Å². The fraction of sp³-hybridized carbons (Fsp3) is 0.769. The summed E-state index contributed by atoms with van der Waals surface area (Å²) in [5, 5.41) is 0. The maximum atomic E-state index is 11.6. The molecule has 0 aliphatic carbocycles. The van der Waals surface area contributed by atoms with Crippen molar-refractivity contribution in [1.29, 1.82) is 0 Å². The molecule has 0 atom stereocenters. The maximum Gasteiger partial charge on any atom is 0.266 e. The minimum Gasteiger partial charge on any atom is -0.341 e. The van der Waals surface area contributed by atoms with Crippen LogP contribution in [0.2, 0.25) is 0 Å². The molecule has 0 aromatic rings. The lowest BCUT2D eigenvalue weighted by Crippen LogP contribution is -2.30. The molecule has 6 heteroatoms. The summed E-state index contributed by atoms with van der Waals surface area (Å²) >= 11 is 0. The Hall–Kier alpha value is -0.880. The van der Waals surface area contributed by atoms with Crippen LogP contribution in [0.1, 0.15) is 45.4 Å². The molecule has 1 N–H and O–H groups in total. The van der Waals surface area contributed by atoms with Gasteiger partial charge in [-0.2, -0.15) is 8.42 Å². The first kappa shape index (κ1) is 18.1. The Balaban J connectivity index is 3.77. The maximum absolute atomic E-state index is 11.6. The van der Waals surface area contributed by atoms with Crippen molar-refractivity contribution in [1.82, 2.24) is 4.90 Å². The Morgan fingerprint density at radius 1 is 1.21 bits per heavy atom. The van der Waals surface area contributed by atoms with Gasteiger partial charge in [-0.25, -0.2) is 0 Å². The number of carbonyl (C=O) groups is 1. The van der Waals surface area contributed by atoms with Gasteiger partial charge in [-0.05, 0) is 18.9 Å². The van der Waals surface area contributed by atoms with Gasteiger partial charge in [0.15, 0.2) is 0 Å². The predicted molar refractivity (Wildman–Crippen MR) is 76.6 cm³/mol. The first-order valence-corrected chi connectivity index (χ1v) is 8.34. The predicted octanol–water partition coefficient (Wildman–Crippen LogP) is 2.25. The highest BCUT2D eigenvalue weighted by atomic mass is 32.2. The fourth-order valence-electron chi connectivity index (χ4n) is 1.54. The fourth-order valence-corrected chi connectivity index (χ4v) is 2.04. The summed E-state index contributed by atoms with van der Waals surface area (Å²) in [5.41, 5.74) is 0. The van der Waals surface area contributed by atoms with E-state index in [1.165, 1.54) is 43.7 Å². The van der Waals surface area contributed by atoms with Crippen LogP contribution in [0, 0.1) is 0 Å². The first-order chi connectivity index (χ1) is 8.87. The van der Waals surface area contributed by atoms with Crippen LogP contribution in [0.25, 0.3) is 0 Å². The van der Waals surface area contributed by atoms with Crippen LogP contribution in [0.15, 0.2) is 12.2 Å². The zero-order valence-electron chi connectivity index (χ0n) is 11.8. The minimum atomic E-state index is -4.01. The van der Waals surface area contributed by atoms with Crippen LogP contribution in [0.5, 0.6) is 0 Å².